The van der Waals surface area contributed by atoms with Crippen molar-refractivity contribution in [2.75, 3.05) is 11.9 Å². The van der Waals surface area contributed by atoms with Gasteiger partial charge in [0.25, 0.3) is 0 Å². The Balaban J connectivity index is 1.92. The lowest BCUT2D eigenvalue weighted by Gasteiger charge is -2.10. The number of hydrogen-bond donors (Lipinski definition) is 1. The fraction of sp³-hybridized carbons (Fsp3) is 0.400. The van der Waals surface area contributed by atoms with Crippen molar-refractivity contribution < 1.29 is 0 Å². The van der Waals surface area contributed by atoms with Crippen LogP contribution in [-0.4, -0.2) is 21.1 Å². The first-order valence-corrected chi connectivity index (χ1v) is 10.8. The molecule has 0 atom stereocenters. The molecule has 0 aliphatic carbocycles. The molecule has 0 amide bonds. The summed E-state index contributed by atoms with van der Waals surface area (Å²) in [4.78, 5) is 9.28. The van der Waals surface area contributed by atoms with Gasteiger partial charge in [0.2, 0.25) is 0 Å². The van der Waals surface area contributed by atoms with E-state index in [1.807, 2.05) is 29.8 Å². The van der Waals surface area contributed by atoms with Crippen LogP contribution in [-0.2, 0) is 0 Å². The minimum Gasteiger partial charge on any atom is -0.369 e. The second-order valence-corrected chi connectivity index (χ2v) is 8.30. The first-order chi connectivity index (χ1) is 13.0. The molecule has 0 unspecified atom stereocenters. The van der Waals surface area contributed by atoms with Crippen molar-refractivity contribution in [1.82, 2.24) is 14.5 Å². The summed E-state index contributed by atoms with van der Waals surface area (Å²) in [7, 11) is 0. The van der Waals surface area contributed by atoms with Gasteiger partial charge in [-0.05, 0) is 47.5 Å². The highest BCUT2D eigenvalue weighted by atomic mass is 79.9. The van der Waals surface area contributed by atoms with Crippen LogP contribution < -0.4 is 5.32 Å². The molecule has 1 aromatic carbocycles. The summed E-state index contributed by atoms with van der Waals surface area (Å²) < 4.78 is 2.90. The largest absolute Gasteiger partial charge is 0.369 e. The van der Waals surface area contributed by atoms with Crippen LogP contribution in [0.4, 0.5) is 5.82 Å². The number of rotatable bonds is 8. The average molecular weight is 470 g/mol. The van der Waals surface area contributed by atoms with Crippen molar-refractivity contribution in [2.24, 2.45) is 0 Å². The Hall–Kier alpha value is -1.30. The number of halogens is 3. The zero-order valence-electron chi connectivity index (χ0n) is 15.5. The SMILES string of the molecule is CCCCCCCNc1nc(C)nc2c1c(Br)cn2-c1ccc(Cl)cc1Cl. The van der Waals surface area contributed by atoms with E-state index in [0.29, 0.717) is 15.9 Å². The molecular weight excluding hydrogens is 447 g/mol. The van der Waals surface area contributed by atoms with Gasteiger partial charge in [0, 0.05) is 22.2 Å². The molecule has 3 aromatic rings. The molecule has 0 saturated heterocycles. The maximum absolute atomic E-state index is 6.42. The third kappa shape index (κ3) is 4.76. The van der Waals surface area contributed by atoms with Crippen LogP contribution in [0.3, 0.4) is 0 Å². The van der Waals surface area contributed by atoms with Gasteiger partial charge < -0.3 is 5.32 Å². The first kappa shape index (κ1) is 20.4. The second-order valence-electron chi connectivity index (χ2n) is 6.60. The number of unbranched alkanes of at least 4 members (excludes halogenated alkanes) is 4. The van der Waals surface area contributed by atoms with Crippen molar-refractivity contribution >= 4 is 56.0 Å². The van der Waals surface area contributed by atoms with E-state index >= 15 is 0 Å². The molecule has 0 spiro atoms. The van der Waals surface area contributed by atoms with Gasteiger partial charge in [0.1, 0.15) is 11.6 Å². The highest BCUT2D eigenvalue weighted by molar-refractivity contribution is 9.10. The molecule has 0 aliphatic rings. The van der Waals surface area contributed by atoms with E-state index in [-0.39, 0.29) is 0 Å². The summed E-state index contributed by atoms with van der Waals surface area (Å²) in [5.74, 6) is 1.57. The molecule has 27 heavy (non-hydrogen) atoms. The molecule has 2 heterocycles. The Labute approximate surface area is 178 Å². The zero-order valence-corrected chi connectivity index (χ0v) is 18.6. The molecule has 0 saturated carbocycles. The fourth-order valence-electron chi connectivity index (χ4n) is 3.11. The monoisotopic (exact) mass is 468 g/mol. The third-order valence-electron chi connectivity index (χ3n) is 4.45. The lowest BCUT2D eigenvalue weighted by molar-refractivity contribution is 0.645. The van der Waals surface area contributed by atoms with Gasteiger partial charge in [-0.3, -0.25) is 4.57 Å². The molecule has 7 heteroatoms. The van der Waals surface area contributed by atoms with Gasteiger partial charge in [0.15, 0.2) is 5.65 Å². The van der Waals surface area contributed by atoms with E-state index in [0.717, 1.165) is 40.0 Å². The summed E-state index contributed by atoms with van der Waals surface area (Å²) in [5.41, 5.74) is 1.65. The summed E-state index contributed by atoms with van der Waals surface area (Å²) >= 11 is 16.1. The van der Waals surface area contributed by atoms with Crippen LogP contribution >= 0.6 is 39.1 Å². The Morgan fingerprint density at radius 2 is 1.89 bits per heavy atom. The van der Waals surface area contributed by atoms with E-state index in [2.05, 4.69) is 38.1 Å². The fourth-order valence-corrected chi connectivity index (χ4v) is 4.18. The molecule has 0 bridgehead atoms. The van der Waals surface area contributed by atoms with E-state index in [1.54, 1.807) is 6.07 Å². The molecule has 0 aliphatic heterocycles. The quantitative estimate of drug-likeness (QED) is 0.355. The topological polar surface area (TPSA) is 42.7 Å². The predicted molar refractivity (Wildman–Crippen MR) is 119 cm³/mol. The third-order valence-corrected chi connectivity index (χ3v) is 5.59. The van der Waals surface area contributed by atoms with Crippen molar-refractivity contribution in [3.63, 3.8) is 0 Å². The maximum Gasteiger partial charge on any atom is 0.151 e. The maximum atomic E-state index is 6.42. The van der Waals surface area contributed by atoms with Crippen molar-refractivity contribution in [3.05, 3.63) is 44.7 Å². The van der Waals surface area contributed by atoms with Gasteiger partial charge in [-0.1, -0.05) is 55.8 Å². The number of nitrogens with one attached hydrogen (secondary N) is 1. The molecule has 2 aromatic heterocycles. The first-order valence-electron chi connectivity index (χ1n) is 9.25. The van der Waals surface area contributed by atoms with E-state index in [4.69, 9.17) is 23.2 Å². The van der Waals surface area contributed by atoms with E-state index in [9.17, 15) is 0 Å². The van der Waals surface area contributed by atoms with Gasteiger partial charge in [-0.15, -0.1) is 0 Å². The average Bonchev–Trinajstić information content (AvgIpc) is 2.94. The van der Waals surface area contributed by atoms with Crippen LogP contribution in [0, 0.1) is 6.92 Å². The van der Waals surface area contributed by atoms with E-state index in [1.165, 1.54) is 25.7 Å². The van der Waals surface area contributed by atoms with Crippen LogP contribution in [0.25, 0.3) is 16.7 Å². The highest BCUT2D eigenvalue weighted by Crippen LogP contribution is 2.35. The number of nitrogens with zero attached hydrogens (tertiary/aromatic N) is 3. The highest BCUT2D eigenvalue weighted by Gasteiger charge is 2.17. The minimum atomic E-state index is 0.577. The summed E-state index contributed by atoms with van der Waals surface area (Å²) in [6, 6.07) is 5.46. The summed E-state index contributed by atoms with van der Waals surface area (Å²) in [5, 5.41) is 5.63. The normalized spacial score (nSPS) is 11.3. The molecule has 4 nitrogen and oxygen atoms in total. The Morgan fingerprint density at radius 1 is 1.11 bits per heavy atom. The smallest absolute Gasteiger partial charge is 0.151 e. The van der Waals surface area contributed by atoms with Crippen molar-refractivity contribution in [3.8, 4) is 5.69 Å². The second kappa shape index (κ2) is 9.26. The van der Waals surface area contributed by atoms with Crippen molar-refractivity contribution in [1.29, 1.82) is 0 Å². The summed E-state index contributed by atoms with van der Waals surface area (Å²) in [6.45, 7) is 5.03. The number of anilines is 1. The van der Waals surface area contributed by atoms with Gasteiger partial charge >= 0.3 is 0 Å². The number of fused-ring (bicyclic) bond motifs is 1. The predicted octanol–water partition coefficient (Wildman–Crippen LogP) is 7.18. The number of aryl methyl sites for hydroxylation is 1. The van der Waals surface area contributed by atoms with Crippen LogP contribution in [0.15, 0.2) is 28.9 Å². The Kier molecular flexibility index (Phi) is 7.01. The summed E-state index contributed by atoms with van der Waals surface area (Å²) in [6.07, 6.45) is 8.17. The molecular formula is C20H23BrCl2N4. The molecule has 0 radical (unpaired) electrons. The number of hydrogen-bond acceptors (Lipinski definition) is 3. The van der Waals surface area contributed by atoms with Gasteiger partial charge in [0.05, 0.1) is 16.1 Å². The van der Waals surface area contributed by atoms with E-state index < -0.39 is 0 Å². The van der Waals surface area contributed by atoms with Crippen molar-refractivity contribution in [2.45, 2.75) is 46.0 Å². The zero-order chi connectivity index (χ0) is 19.4. The van der Waals surface area contributed by atoms with Gasteiger partial charge in [-0.2, -0.15) is 0 Å². The lowest BCUT2D eigenvalue weighted by Crippen LogP contribution is -2.06. The van der Waals surface area contributed by atoms with Crippen LogP contribution in [0.1, 0.15) is 44.9 Å². The minimum absolute atomic E-state index is 0.577. The molecule has 3 rings (SSSR count). The van der Waals surface area contributed by atoms with Crippen LogP contribution in [0.2, 0.25) is 10.0 Å². The number of aromatic nitrogens is 3. The molecule has 144 valence electrons. The number of benzene rings is 1. The Bertz CT molecular complexity index is 939. The van der Waals surface area contributed by atoms with Gasteiger partial charge in [-0.25, -0.2) is 9.97 Å². The van der Waals surface area contributed by atoms with Crippen LogP contribution in [0.5, 0.6) is 0 Å². The standard InChI is InChI=1S/C20H23BrCl2N4/c1-3-4-5-6-7-10-24-19-18-15(21)12-27(20(18)26-13(2)25-19)17-9-8-14(22)11-16(17)23/h8-9,11-12H,3-7,10H2,1-2H3,(H,24,25,26). The molecule has 1 N–H and O–H groups in total. The lowest BCUT2D eigenvalue weighted by atomic mass is 10.1. The molecule has 0 fully saturated rings. The Morgan fingerprint density at radius 3 is 2.63 bits per heavy atom.